The number of aromatic nitrogens is 2. The van der Waals surface area contributed by atoms with Crippen molar-refractivity contribution in [2.75, 3.05) is 13.6 Å². The fourth-order valence-corrected chi connectivity index (χ4v) is 3.50. The molecule has 1 aliphatic heterocycles. The third-order valence-corrected chi connectivity index (χ3v) is 4.61. The third kappa shape index (κ3) is 2.38. The zero-order chi connectivity index (χ0) is 16.8. The third-order valence-electron chi connectivity index (χ3n) is 4.61. The van der Waals surface area contributed by atoms with Crippen molar-refractivity contribution in [3.8, 4) is 11.1 Å². The van der Waals surface area contributed by atoms with Crippen LogP contribution in [0.2, 0.25) is 0 Å². The van der Waals surface area contributed by atoms with Gasteiger partial charge in [-0.2, -0.15) is 8.78 Å². The number of rotatable bonds is 2. The number of fused-ring (bicyclic) bond motifs is 3. The first kappa shape index (κ1) is 15.2. The summed E-state index contributed by atoms with van der Waals surface area (Å²) in [5, 5.41) is 0.838. The number of benzene rings is 1. The first-order valence-corrected chi connectivity index (χ1v) is 7.78. The van der Waals surface area contributed by atoms with Crippen LogP contribution in [0.4, 0.5) is 13.2 Å². The molecule has 0 unspecified atom stereocenters. The molecule has 0 saturated carbocycles. The van der Waals surface area contributed by atoms with Gasteiger partial charge in [0.2, 0.25) is 0 Å². The highest BCUT2D eigenvalue weighted by atomic mass is 19.3. The van der Waals surface area contributed by atoms with Gasteiger partial charge in [0.05, 0.1) is 11.7 Å². The highest BCUT2D eigenvalue weighted by molar-refractivity contribution is 5.89. The van der Waals surface area contributed by atoms with Crippen LogP contribution in [0.5, 0.6) is 0 Å². The number of hydrogen-bond acceptors (Lipinski definition) is 2. The molecule has 1 aliphatic rings. The molecule has 0 spiro atoms. The summed E-state index contributed by atoms with van der Waals surface area (Å²) in [6.07, 6.45) is 3.26. The molecule has 0 aliphatic carbocycles. The molecule has 4 rings (SSSR count). The molecule has 3 heterocycles. The van der Waals surface area contributed by atoms with E-state index in [2.05, 4.69) is 9.88 Å². The quantitative estimate of drug-likeness (QED) is 0.701. The van der Waals surface area contributed by atoms with Gasteiger partial charge >= 0.3 is 6.55 Å². The van der Waals surface area contributed by atoms with E-state index in [0.717, 1.165) is 28.3 Å². The molecular formula is C18H16F3N3. The van der Waals surface area contributed by atoms with Gasteiger partial charge in [-0.3, -0.25) is 9.55 Å². The van der Waals surface area contributed by atoms with E-state index >= 15 is 0 Å². The van der Waals surface area contributed by atoms with Gasteiger partial charge in [0.15, 0.2) is 0 Å². The fraction of sp³-hybridized carbons (Fsp3) is 0.278. The maximum absolute atomic E-state index is 13.7. The second kappa shape index (κ2) is 5.63. The standard InChI is InChI=1S/C18H16F3N3/c1-23-5-4-16-15(10-23)14-3-2-11(7-17(14)24(16)18(20)21)12-6-13(19)9-22-8-12/h2-3,6-9,18H,4-5,10H2,1H3. The summed E-state index contributed by atoms with van der Waals surface area (Å²) in [4.78, 5) is 5.96. The zero-order valence-corrected chi connectivity index (χ0v) is 13.1. The number of hydrogen-bond donors (Lipinski definition) is 0. The van der Waals surface area contributed by atoms with Crippen molar-refractivity contribution >= 4 is 10.9 Å². The summed E-state index contributed by atoms with van der Waals surface area (Å²) in [5.41, 5.74) is 3.41. The minimum atomic E-state index is -2.60. The van der Waals surface area contributed by atoms with E-state index in [9.17, 15) is 13.2 Å². The summed E-state index contributed by atoms with van der Waals surface area (Å²) in [6.45, 7) is -1.18. The lowest BCUT2D eigenvalue weighted by Crippen LogP contribution is -2.27. The van der Waals surface area contributed by atoms with Crippen LogP contribution in [-0.2, 0) is 13.0 Å². The average molecular weight is 331 g/mol. The summed E-state index contributed by atoms with van der Waals surface area (Å²) in [6, 6.07) is 6.75. The van der Waals surface area contributed by atoms with E-state index in [-0.39, 0.29) is 0 Å². The van der Waals surface area contributed by atoms with Crippen LogP contribution in [0, 0.1) is 5.82 Å². The number of alkyl halides is 2. The van der Waals surface area contributed by atoms with Gasteiger partial charge in [0, 0.05) is 42.4 Å². The van der Waals surface area contributed by atoms with Gasteiger partial charge in [0.25, 0.3) is 0 Å². The Morgan fingerprint density at radius 3 is 2.71 bits per heavy atom. The number of likely N-dealkylation sites (N-methyl/N-ethyl adjacent to an activating group) is 1. The Hall–Kier alpha value is -2.34. The Morgan fingerprint density at radius 2 is 1.96 bits per heavy atom. The molecule has 6 heteroatoms. The largest absolute Gasteiger partial charge is 0.319 e. The van der Waals surface area contributed by atoms with E-state index in [1.807, 2.05) is 19.2 Å². The van der Waals surface area contributed by atoms with E-state index in [0.29, 0.717) is 35.3 Å². The Bertz CT molecular complexity index is 917. The second-order valence-corrected chi connectivity index (χ2v) is 6.18. The summed E-state index contributed by atoms with van der Waals surface area (Å²) >= 11 is 0. The van der Waals surface area contributed by atoms with Crippen LogP contribution in [0.15, 0.2) is 36.7 Å². The predicted molar refractivity (Wildman–Crippen MR) is 86.4 cm³/mol. The molecule has 0 fully saturated rings. The molecule has 0 radical (unpaired) electrons. The van der Waals surface area contributed by atoms with Crippen LogP contribution in [0.3, 0.4) is 0 Å². The van der Waals surface area contributed by atoms with Crippen LogP contribution in [-0.4, -0.2) is 28.0 Å². The van der Waals surface area contributed by atoms with Crippen LogP contribution < -0.4 is 0 Å². The Morgan fingerprint density at radius 1 is 1.12 bits per heavy atom. The van der Waals surface area contributed by atoms with Crippen molar-refractivity contribution in [2.24, 2.45) is 0 Å². The summed E-state index contributed by atoms with van der Waals surface area (Å²) in [5.74, 6) is -0.447. The fourth-order valence-electron chi connectivity index (χ4n) is 3.50. The maximum atomic E-state index is 13.7. The molecule has 0 bridgehead atoms. The highest BCUT2D eigenvalue weighted by Gasteiger charge is 2.26. The van der Waals surface area contributed by atoms with E-state index < -0.39 is 12.4 Å². The van der Waals surface area contributed by atoms with Gasteiger partial charge < -0.3 is 4.90 Å². The molecule has 3 nitrogen and oxygen atoms in total. The lowest BCUT2D eigenvalue weighted by molar-refractivity contribution is 0.0708. The van der Waals surface area contributed by atoms with Gasteiger partial charge in [0.1, 0.15) is 5.82 Å². The van der Waals surface area contributed by atoms with Gasteiger partial charge in [-0.25, -0.2) is 4.39 Å². The Kier molecular flexibility index (Phi) is 3.57. The molecule has 24 heavy (non-hydrogen) atoms. The minimum absolute atomic E-state index is 0.447. The first-order chi connectivity index (χ1) is 11.5. The van der Waals surface area contributed by atoms with Crippen molar-refractivity contribution in [2.45, 2.75) is 19.5 Å². The summed E-state index contributed by atoms with van der Waals surface area (Å²) in [7, 11) is 1.99. The highest BCUT2D eigenvalue weighted by Crippen LogP contribution is 2.36. The normalized spacial score (nSPS) is 15.2. The molecule has 124 valence electrons. The molecular weight excluding hydrogens is 315 g/mol. The van der Waals surface area contributed by atoms with Crippen molar-refractivity contribution in [3.63, 3.8) is 0 Å². The monoisotopic (exact) mass is 331 g/mol. The van der Waals surface area contributed by atoms with Gasteiger partial charge in [-0.1, -0.05) is 12.1 Å². The van der Waals surface area contributed by atoms with Crippen molar-refractivity contribution < 1.29 is 13.2 Å². The van der Waals surface area contributed by atoms with Crippen molar-refractivity contribution in [3.05, 3.63) is 53.7 Å². The van der Waals surface area contributed by atoms with Crippen LogP contribution in [0.25, 0.3) is 22.0 Å². The van der Waals surface area contributed by atoms with E-state index in [1.54, 1.807) is 6.07 Å². The predicted octanol–water partition coefficient (Wildman–Crippen LogP) is 4.23. The molecule has 3 aromatic rings. The Labute approximate surface area is 137 Å². The molecule has 1 aromatic carbocycles. The average Bonchev–Trinajstić information content (AvgIpc) is 2.88. The van der Waals surface area contributed by atoms with Gasteiger partial charge in [-0.15, -0.1) is 0 Å². The SMILES string of the molecule is CN1CCc2c(c3ccc(-c4cncc(F)c4)cc3n2C(F)F)C1. The number of halogens is 3. The summed E-state index contributed by atoms with van der Waals surface area (Å²) < 4.78 is 41.9. The minimum Gasteiger partial charge on any atom is -0.302 e. The lowest BCUT2D eigenvalue weighted by Gasteiger charge is -2.24. The lowest BCUT2D eigenvalue weighted by atomic mass is 10.0. The molecule has 0 N–H and O–H groups in total. The number of pyridine rings is 1. The van der Waals surface area contributed by atoms with Crippen LogP contribution in [0.1, 0.15) is 17.8 Å². The zero-order valence-electron chi connectivity index (χ0n) is 13.1. The maximum Gasteiger partial charge on any atom is 0.319 e. The molecule has 0 saturated heterocycles. The molecule has 2 aromatic heterocycles. The van der Waals surface area contributed by atoms with Crippen LogP contribution >= 0.6 is 0 Å². The number of nitrogens with zero attached hydrogens (tertiary/aromatic N) is 3. The van der Waals surface area contributed by atoms with E-state index in [1.165, 1.54) is 12.3 Å². The van der Waals surface area contributed by atoms with Crippen molar-refractivity contribution in [1.82, 2.24) is 14.5 Å². The second-order valence-electron chi connectivity index (χ2n) is 6.18. The van der Waals surface area contributed by atoms with Gasteiger partial charge in [-0.05, 0) is 30.3 Å². The molecule has 0 atom stereocenters. The van der Waals surface area contributed by atoms with Crippen molar-refractivity contribution in [1.29, 1.82) is 0 Å². The van der Waals surface area contributed by atoms with E-state index in [4.69, 9.17) is 0 Å². The smallest absolute Gasteiger partial charge is 0.302 e. The Balaban J connectivity index is 1.95. The first-order valence-electron chi connectivity index (χ1n) is 7.78. The molecule has 0 amide bonds. The topological polar surface area (TPSA) is 21.1 Å².